The van der Waals surface area contributed by atoms with Gasteiger partial charge in [-0.1, -0.05) is 0 Å². The highest BCUT2D eigenvalue weighted by atomic mass is 19.4. The molecule has 1 fully saturated rings. The quantitative estimate of drug-likeness (QED) is 0.759. The van der Waals surface area contributed by atoms with E-state index in [9.17, 15) is 18.0 Å². The number of carbonyl (C=O) groups excluding carboxylic acids is 1. The number of hydrogen-bond donors (Lipinski definition) is 2. The molecule has 0 bridgehead atoms. The first-order valence-electron chi connectivity index (χ1n) is 6.17. The van der Waals surface area contributed by atoms with E-state index in [1.807, 2.05) is 0 Å². The van der Waals surface area contributed by atoms with Gasteiger partial charge in [0, 0.05) is 5.69 Å². The van der Waals surface area contributed by atoms with E-state index >= 15 is 0 Å². The number of alkyl halides is 3. The summed E-state index contributed by atoms with van der Waals surface area (Å²) in [4.78, 5) is 12.1. The molecular formula is C13H13F3N2O. The summed E-state index contributed by atoms with van der Waals surface area (Å²) in [6.07, 6.45) is -3.31. The summed E-state index contributed by atoms with van der Waals surface area (Å²) in [6.45, 7) is 1.28. The smallest absolute Gasteiger partial charge is 0.325 e. The molecule has 1 aromatic carbocycles. The van der Waals surface area contributed by atoms with Crippen molar-refractivity contribution in [3.8, 4) is 0 Å². The van der Waals surface area contributed by atoms with Crippen LogP contribution in [0.15, 0.2) is 18.2 Å². The summed E-state index contributed by atoms with van der Waals surface area (Å²) < 4.78 is 38.4. The molecule has 2 aliphatic heterocycles. The van der Waals surface area contributed by atoms with Gasteiger partial charge in [-0.3, -0.25) is 4.79 Å². The van der Waals surface area contributed by atoms with Crippen LogP contribution in [-0.4, -0.2) is 19.0 Å². The first-order valence-corrected chi connectivity index (χ1v) is 6.17. The molecule has 2 N–H and O–H groups in total. The third-order valence-electron chi connectivity index (χ3n) is 4.00. The van der Waals surface area contributed by atoms with Crippen LogP contribution in [0, 0.1) is 0 Å². The molecule has 0 aromatic heterocycles. The van der Waals surface area contributed by atoms with Crippen LogP contribution in [-0.2, 0) is 16.4 Å². The van der Waals surface area contributed by atoms with E-state index in [4.69, 9.17) is 0 Å². The second kappa shape index (κ2) is 3.96. The normalized spacial score (nSPS) is 21.3. The Bertz CT molecular complexity index is 533. The number of benzene rings is 1. The zero-order valence-electron chi connectivity index (χ0n) is 10.1. The number of carbonyl (C=O) groups is 1. The summed E-state index contributed by atoms with van der Waals surface area (Å²) >= 11 is 0. The fraction of sp³-hybridized carbons (Fsp3) is 0.462. The zero-order valence-corrected chi connectivity index (χ0v) is 10.1. The predicted octanol–water partition coefficient (Wildman–Crippen LogP) is 2.28. The van der Waals surface area contributed by atoms with Crippen molar-refractivity contribution in [2.45, 2.75) is 24.4 Å². The monoisotopic (exact) mass is 270 g/mol. The van der Waals surface area contributed by atoms with Crippen molar-refractivity contribution >= 4 is 11.6 Å². The fourth-order valence-corrected chi connectivity index (χ4v) is 2.94. The van der Waals surface area contributed by atoms with Crippen LogP contribution in [0.4, 0.5) is 18.9 Å². The SMILES string of the molecule is O=C1Nc2ccc(C(F)(F)F)cc2C12CCNCC2. The number of hydrogen-bond acceptors (Lipinski definition) is 2. The van der Waals surface area contributed by atoms with E-state index in [1.165, 1.54) is 6.07 Å². The number of halogens is 3. The van der Waals surface area contributed by atoms with Gasteiger partial charge in [-0.25, -0.2) is 0 Å². The molecule has 0 aliphatic carbocycles. The molecule has 1 aromatic rings. The summed E-state index contributed by atoms with van der Waals surface area (Å²) in [7, 11) is 0. The third-order valence-corrected chi connectivity index (χ3v) is 4.00. The maximum absolute atomic E-state index is 12.8. The maximum Gasteiger partial charge on any atom is 0.416 e. The van der Waals surface area contributed by atoms with Crippen LogP contribution in [0.25, 0.3) is 0 Å². The van der Waals surface area contributed by atoms with Crippen molar-refractivity contribution in [2.75, 3.05) is 18.4 Å². The number of anilines is 1. The van der Waals surface area contributed by atoms with Crippen molar-refractivity contribution in [1.82, 2.24) is 5.32 Å². The topological polar surface area (TPSA) is 41.1 Å². The number of piperidine rings is 1. The molecule has 0 atom stereocenters. The molecule has 2 aliphatic rings. The molecule has 0 saturated carbocycles. The van der Waals surface area contributed by atoms with Gasteiger partial charge in [-0.2, -0.15) is 13.2 Å². The molecule has 1 saturated heterocycles. The molecular weight excluding hydrogens is 257 g/mol. The van der Waals surface area contributed by atoms with Crippen LogP contribution in [0.5, 0.6) is 0 Å². The van der Waals surface area contributed by atoms with Crippen molar-refractivity contribution in [1.29, 1.82) is 0 Å². The lowest BCUT2D eigenvalue weighted by atomic mass is 9.74. The summed E-state index contributed by atoms with van der Waals surface area (Å²) in [5.74, 6) is -0.177. The van der Waals surface area contributed by atoms with Gasteiger partial charge in [-0.15, -0.1) is 0 Å². The van der Waals surface area contributed by atoms with Crippen LogP contribution in [0.2, 0.25) is 0 Å². The Morgan fingerprint density at radius 3 is 2.47 bits per heavy atom. The Kier molecular flexibility index (Phi) is 2.60. The summed E-state index contributed by atoms with van der Waals surface area (Å²) in [6, 6.07) is 3.49. The van der Waals surface area contributed by atoms with E-state index in [0.29, 0.717) is 37.2 Å². The summed E-state index contributed by atoms with van der Waals surface area (Å²) in [5.41, 5.74) is -0.476. The van der Waals surface area contributed by atoms with Crippen LogP contribution in [0.3, 0.4) is 0 Å². The zero-order chi connectivity index (χ0) is 13.7. The summed E-state index contributed by atoms with van der Waals surface area (Å²) in [5, 5.41) is 5.83. The Morgan fingerprint density at radius 1 is 1.16 bits per heavy atom. The molecule has 19 heavy (non-hydrogen) atoms. The first kappa shape index (κ1) is 12.5. The van der Waals surface area contributed by atoms with Crippen molar-refractivity contribution < 1.29 is 18.0 Å². The Labute approximate surface area is 108 Å². The van der Waals surface area contributed by atoms with E-state index < -0.39 is 17.2 Å². The van der Waals surface area contributed by atoms with Crippen LogP contribution >= 0.6 is 0 Å². The van der Waals surface area contributed by atoms with Gasteiger partial charge in [-0.05, 0) is 49.7 Å². The third kappa shape index (κ3) is 1.82. The number of rotatable bonds is 0. The van der Waals surface area contributed by atoms with Crippen molar-refractivity contribution in [2.24, 2.45) is 0 Å². The minimum Gasteiger partial charge on any atom is -0.325 e. The number of nitrogens with one attached hydrogen (secondary N) is 2. The second-order valence-electron chi connectivity index (χ2n) is 5.04. The highest BCUT2D eigenvalue weighted by Crippen LogP contribution is 2.45. The van der Waals surface area contributed by atoms with Crippen molar-refractivity contribution in [3.05, 3.63) is 29.3 Å². The largest absolute Gasteiger partial charge is 0.416 e. The van der Waals surface area contributed by atoms with E-state index in [2.05, 4.69) is 10.6 Å². The van der Waals surface area contributed by atoms with Gasteiger partial charge in [0.2, 0.25) is 5.91 Å². The van der Waals surface area contributed by atoms with Gasteiger partial charge in [0.1, 0.15) is 0 Å². The number of amides is 1. The standard InChI is InChI=1S/C13H13F3N2O/c14-13(15,16)8-1-2-10-9(7-8)12(11(19)18-10)3-5-17-6-4-12/h1-2,7,17H,3-6H2,(H,18,19). The van der Waals surface area contributed by atoms with Gasteiger partial charge >= 0.3 is 6.18 Å². The lowest BCUT2D eigenvalue weighted by Gasteiger charge is -2.32. The molecule has 6 heteroatoms. The van der Waals surface area contributed by atoms with Crippen LogP contribution < -0.4 is 10.6 Å². The molecule has 3 rings (SSSR count). The molecule has 0 radical (unpaired) electrons. The lowest BCUT2D eigenvalue weighted by molar-refractivity contribution is -0.137. The molecule has 102 valence electrons. The number of fused-ring (bicyclic) bond motifs is 2. The Balaban J connectivity index is 2.11. The highest BCUT2D eigenvalue weighted by molar-refractivity contribution is 6.06. The molecule has 0 unspecified atom stereocenters. The van der Waals surface area contributed by atoms with E-state index in [1.54, 1.807) is 0 Å². The van der Waals surface area contributed by atoms with Crippen molar-refractivity contribution in [3.63, 3.8) is 0 Å². The van der Waals surface area contributed by atoms with Gasteiger partial charge in [0.15, 0.2) is 0 Å². The first-order chi connectivity index (χ1) is 8.93. The maximum atomic E-state index is 12.8. The average molecular weight is 270 g/mol. The second-order valence-corrected chi connectivity index (χ2v) is 5.04. The van der Waals surface area contributed by atoms with Gasteiger partial charge < -0.3 is 10.6 Å². The van der Waals surface area contributed by atoms with Gasteiger partial charge in [0.05, 0.1) is 11.0 Å². The van der Waals surface area contributed by atoms with E-state index in [0.717, 1.165) is 12.1 Å². The molecule has 1 spiro atoms. The minimum atomic E-state index is -4.38. The fourth-order valence-electron chi connectivity index (χ4n) is 2.94. The van der Waals surface area contributed by atoms with Gasteiger partial charge in [0.25, 0.3) is 0 Å². The molecule has 3 nitrogen and oxygen atoms in total. The lowest BCUT2D eigenvalue weighted by Crippen LogP contribution is -2.44. The molecule has 1 amide bonds. The van der Waals surface area contributed by atoms with Crippen LogP contribution in [0.1, 0.15) is 24.0 Å². The Morgan fingerprint density at radius 2 is 1.84 bits per heavy atom. The average Bonchev–Trinajstić information content (AvgIpc) is 2.62. The Hall–Kier alpha value is -1.56. The highest BCUT2D eigenvalue weighted by Gasteiger charge is 2.48. The van der Waals surface area contributed by atoms with E-state index in [-0.39, 0.29) is 5.91 Å². The predicted molar refractivity (Wildman–Crippen MR) is 63.9 cm³/mol. The minimum absolute atomic E-state index is 0.177. The molecule has 2 heterocycles.